The van der Waals surface area contributed by atoms with Crippen LogP contribution in [0.1, 0.15) is 46.9 Å². The Morgan fingerprint density at radius 1 is 1.12 bits per heavy atom. The maximum Gasteiger partial charge on any atom is 0.256 e. The van der Waals surface area contributed by atoms with Gasteiger partial charge < -0.3 is 10.2 Å². The number of benzene rings is 2. The molecule has 0 bridgehead atoms. The van der Waals surface area contributed by atoms with Crippen molar-refractivity contribution in [2.24, 2.45) is 0 Å². The first-order valence-electron chi connectivity index (χ1n) is 8.53. The number of amides is 2. The normalized spacial score (nSPS) is 17.2. The van der Waals surface area contributed by atoms with E-state index < -0.39 is 0 Å². The third-order valence-electron chi connectivity index (χ3n) is 4.56. The van der Waals surface area contributed by atoms with Crippen LogP contribution in [-0.2, 0) is 0 Å². The number of anilines is 1. The third-order valence-corrected chi connectivity index (χ3v) is 5.05. The number of para-hydroxylation sites is 1. The van der Waals surface area contributed by atoms with Crippen molar-refractivity contribution in [2.75, 3.05) is 11.9 Å². The highest BCUT2D eigenvalue weighted by molar-refractivity contribution is 9.10. The van der Waals surface area contributed by atoms with Gasteiger partial charge in [-0.15, -0.1) is 0 Å². The Morgan fingerprint density at radius 2 is 1.92 bits per heavy atom. The number of nitrogens with one attached hydrogen (secondary N) is 1. The van der Waals surface area contributed by atoms with Crippen LogP contribution in [0.4, 0.5) is 5.69 Å². The molecule has 1 N–H and O–H groups in total. The molecule has 0 aromatic heterocycles. The quantitative estimate of drug-likeness (QED) is 0.810. The third kappa shape index (κ3) is 4.10. The Kier molecular flexibility index (Phi) is 5.53. The molecule has 2 aromatic carbocycles. The highest BCUT2D eigenvalue weighted by Crippen LogP contribution is 2.24. The molecule has 2 amide bonds. The molecule has 0 aliphatic carbocycles. The van der Waals surface area contributed by atoms with Crippen LogP contribution in [0.2, 0.25) is 0 Å². The summed E-state index contributed by atoms with van der Waals surface area (Å²) in [5.41, 5.74) is 1.64. The highest BCUT2D eigenvalue weighted by Gasteiger charge is 2.26. The maximum atomic E-state index is 13.0. The number of piperidine rings is 1. The number of carbonyl (C=O) groups is 2. The summed E-state index contributed by atoms with van der Waals surface area (Å²) in [7, 11) is 0. The molecular weight excluding hydrogens is 380 g/mol. The number of hydrogen-bond acceptors (Lipinski definition) is 2. The Morgan fingerprint density at radius 3 is 2.68 bits per heavy atom. The Balaban J connectivity index is 1.83. The number of hydrogen-bond donors (Lipinski definition) is 1. The van der Waals surface area contributed by atoms with E-state index in [1.54, 1.807) is 24.3 Å². The minimum absolute atomic E-state index is 0.0163. The van der Waals surface area contributed by atoms with Crippen molar-refractivity contribution in [3.05, 3.63) is 64.1 Å². The van der Waals surface area contributed by atoms with Gasteiger partial charge >= 0.3 is 0 Å². The van der Waals surface area contributed by atoms with E-state index in [1.807, 2.05) is 29.2 Å². The predicted octanol–water partition coefficient (Wildman–Crippen LogP) is 4.72. The van der Waals surface area contributed by atoms with Gasteiger partial charge in [-0.3, -0.25) is 9.59 Å². The first kappa shape index (κ1) is 17.7. The fourth-order valence-electron chi connectivity index (χ4n) is 3.16. The number of likely N-dealkylation sites (tertiary alicyclic amines) is 1. The summed E-state index contributed by atoms with van der Waals surface area (Å²) in [4.78, 5) is 27.4. The van der Waals surface area contributed by atoms with E-state index in [2.05, 4.69) is 28.2 Å². The standard InChI is InChI=1S/C20H21BrN2O2/c1-14-7-4-5-12-23(14)20(25)17-10-2-3-11-18(17)22-19(24)15-8-6-9-16(21)13-15/h2-3,6,8-11,13-14H,4-5,7,12H2,1H3,(H,22,24)/t14-/m0/s1. The molecule has 1 saturated heterocycles. The molecule has 1 aliphatic heterocycles. The number of nitrogens with zero attached hydrogens (tertiary/aromatic N) is 1. The van der Waals surface area contributed by atoms with Gasteiger partial charge in [0.05, 0.1) is 11.3 Å². The topological polar surface area (TPSA) is 49.4 Å². The van der Waals surface area contributed by atoms with Gasteiger partial charge in [-0.05, 0) is 56.5 Å². The zero-order valence-corrected chi connectivity index (χ0v) is 15.8. The SMILES string of the molecule is C[C@H]1CCCCN1C(=O)c1ccccc1NC(=O)c1cccc(Br)c1. The molecule has 4 nitrogen and oxygen atoms in total. The first-order chi connectivity index (χ1) is 12.1. The van der Waals surface area contributed by atoms with Crippen LogP contribution in [0, 0.1) is 0 Å². The molecule has 2 aromatic rings. The molecule has 1 heterocycles. The van der Waals surface area contributed by atoms with E-state index in [9.17, 15) is 9.59 Å². The van der Waals surface area contributed by atoms with Crippen LogP contribution in [0.3, 0.4) is 0 Å². The van der Waals surface area contributed by atoms with Crippen LogP contribution in [-0.4, -0.2) is 29.3 Å². The zero-order valence-electron chi connectivity index (χ0n) is 14.2. The lowest BCUT2D eigenvalue weighted by Crippen LogP contribution is -2.42. The van der Waals surface area contributed by atoms with Crippen LogP contribution < -0.4 is 5.32 Å². The van der Waals surface area contributed by atoms with Crippen molar-refractivity contribution in [1.29, 1.82) is 0 Å². The van der Waals surface area contributed by atoms with Crippen LogP contribution >= 0.6 is 15.9 Å². The van der Waals surface area contributed by atoms with Crippen molar-refractivity contribution in [3.8, 4) is 0 Å². The number of halogens is 1. The molecule has 1 fully saturated rings. The fourth-order valence-corrected chi connectivity index (χ4v) is 3.56. The van der Waals surface area contributed by atoms with Gasteiger partial charge in [0, 0.05) is 22.6 Å². The van der Waals surface area contributed by atoms with Gasteiger partial charge in [-0.25, -0.2) is 0 Å². The van der Waals surface area contributed by atoms with Crippen molar-refractivity contribution < 1.29 is 9.59 Å². The van der Waals surface area contributed by atoms with Gasteiger partial charge in [0.2, 0.25) is 0 Å². The summed E-state index contributed by atoms with van der Waals surface area (Å²) < 4.78 is 0.839. The van der Waals surface area contributed by atoms with E-state index in [0.717, 1.165) is 30.3 Å². The lowest BCUT2D eigenvalue weighted by molar-refractivity contribution is 0.0636. The van der Waals surface area contributed by atoms with Crippen LogP contribution in [0.5, 0.6) is 0 Å². The molecule has 0 unspecified atom stereocenters. The summed E-state index contributed by atoms with van der Waals surface area (Å²) in [5, 5.41) is 2.88. The van der Waals surface area contributed by atoms with Crippen molar-refractivity contribution in [3.63, 3.8) is 0 Å². The van der Waals surface area contributed by atoms with Crippen LogP contribution in [0.25, 0.3) is 0 Å². The lowest BCUT2D eigenvalue weighted by Gasteiger charge is -2.33. The van der Waals surface area contributed by atoms with E-state index in [1.165, 1.54) is 0 Å². The molecule has 0 spiro atoms. The van der Waals surface area contributed by atoms with E-state index in [4.69, 9.17) is 0 Å². The molecular formula is C20H21BrN2O2. The van der Waals surface area contributed by atoms with Gasteiger partial charge in [-0.1, -0.05) is 34.1 Å². The molecule has 25 heavy (non-hydrogen) atoms. The first-order valence-corrected chi connectivity index (χ1v) is 9.32. The molecule has 1 atom stereocenters. The highest BCUT2D eigenvalue weighted by atomic mass is 79.9. The Bertz CT molecular complexity index is 791. The lowest BCUT2D eigenvalue weighted by atomic mass is 10.0. The fraction of sp³-hybridized carbons (Fsp3) is 0.300. The number of rotatable bonds is 3. The van der Waals surface area contributed by atoms with Gasteiger partial charge in [-0.2, -0.15) is 0 Å². The second-order valence-corrected chi connectivity index (χ2v) is 7.27. The van der Waals surface area contributed by atoms with Crippen molar-refractivity contribution in [2.45, 2.75) is 32.2 Å². The summed E-state index contributed by atoms with van der Waals surface area (Å²) in [6, 6.07) is 14.6. The predicted molar refractivity (Wildman–Crippen MR) is 103 cm³/mol. The average Bonchev–Trinajstić information content (AvgIpc) is 2.62. The molecule has 130 valence electrons. The second kappa shape index (κ2) is 7.83. The van der Waals surface area contributed by atoms with Crippen molar-refractivity contribution >= 4 is 33.4 Å². The monoisotopic (exact) mass is 400 g/mol. The van der Waals surface area contributed by atoms with E-state index in [0.29, 0.717) is 16.8 Å². The summed E-state index contributed by atoms with van der Waals surface area (Å²) >= 11 is 3.37. The minimum atomic E-state index is -0.228. The van der Waals surface area contributed by atoms with E-state index >= 15 is 0 Å². The second-order valence-electron chi connectivity index (χ2n) is 6.35. The van der Waals surface area contributed by atoms with Gasteiger partial charge in [0.1, 0.15) is 0 Å². The Hall–Kier alpha value is -2.14. The van der Waals surface area contributed by atoms with Gasteiger partial charge in [0.25, 0.3) is 11.8 Å². The molecule has 1 aliphatic rings. The van der Waals surface area contributed by atoms with Gasteiger partial charge in [0.15, 0.2) is 0 Å². The van der Waals surface area contributed by atoms with Crippen molar-refractivity contribution in [1.82, 2.24) is 4.90 Å². The van der Waals surface area contributed by atoms with E-state index in [-0.39, 0.29) is 17.9 Å². The smallest absolute Gasteiger partial charge is 0.256 e. The Labute approximate surface area is 156 Å². The average molecular weight is 401 g/mol. The largest absolute Gasteiger partial charge is 0.336 e. The molecule has 0 radical (unpaired) electrons. The summed E-state index contributed by atoms with van der Waals surface area (Å²) in [6.45, 7) is 2.85. The van der Waals surface area contributed by atoms with Crippen LogP contribution in [0.15, 0.2) is 53.0 Å². The zero-order chi connectivity index (χ0) is 17.8. The minimum Gasteiger partial charge on any atom is -0.336 e. The summed E-state index contributed by atoms with van der Waals surface area (Å²) in [6.07, 6.45) is 3.22. The maximum absolute atomic E-state index is 13.0. The summed E-state index contributed by atoms with van der Waals surface area (Å²) in [5.74, 6) is -0.245. The molecule has 0 saturated carbocycles. The molecule has 3 rings (SSSR count). The molecule has 5 heteroatoms. The number of carbonyl (C=O) groups excluding carboxylic acids is 2.